The number of benzene rings is 1. The van der Waals surface area contributed by atoms with Crippen molar-refractivity contribution in [3.63, 3.8) is 0 Å². The van der Waals surface area contributed by atoms with Gasteiger partial charge in [-0.2, -0.15) is 0 Å². The first-order valence-corrected chi connectivity index (χ1v) is 9.22. The van der Waals surface area contributed by atoms with E-state index in [0.29, 0.717) is 43.5 Å². The van der Waals surface area contributed by atoms with Crippen molar-refractivity contribution in [2.24, 2.45) is 0 Å². The van der Waals surface area contributed by atoms with Gasteiger partial charge in [-0.15, -0.1) is 0 Å². The number of nitrogens with one attached hydrogen (secondary N) is 2. The van der Waals surface area contributed by atoms with Crippen molar-refractivity contribution in [3.8, 4) is 11.4 Å². The van der Waals surface area contributed by atoms with Gasteiger partial charge in [0.05, 0.1) is 25.2 Å². The molecule has 2 aromatic heterocycles. The van der Waals surface area contributed by atoms with Gasteiger partial charge in [0.1, 0.15) is 11.5 Å². The van der Waals surface area contributed by atoms with E-state index in [1.165, 1.54) is 0 Å². The van der Waals surface area contributed by atoms with E-state index < -0.39 is 0 Å². The van der Waals surface area contributed by atoms with Gasteiger partial charge in [0.25, 0.3) is 5.91 Å². The third kappa shape index (κ3) is 3.72. The summed E-state index contributed by atoms with van der Waals surface area (Å²) in [6.07, 6.45) is 4.30. The highest BCUT2D eigenvalue weighted by molar-refractivity contribution is 5.96. The number of hydrogen-bond donors (Lipinski definition) is 2. The van der Waals surface area contributed by atoms with E-state index in [0.717, 1.165) is 23.4 Å². The monoisotopic (exact) mass is 378 g/mol. The second-order valence-electron chi connectivity index (χ2n) is 6.52. The molecule has 8 nitrogen and oxygen atoms in total. The van der Waals surface area contributed by atoms with Crippen LogP contribution in [0.1, 0.15) is 21.7 Å². The minimum Gasteiger partial charge on any atom is -0.383 e. The second kappa shape index (κ2) is 8.18. The fourth-order valence-corrected chi connectivity index (χ4v) is 3.22. The zero-order chi connectivity index (χ0) is 19.3. The van der Waals surface area contributed by atoms with Gasteiger partial charge in [0.15, 0.2) is 5.82 Å². The number of imidazole rings is 1. The number of rotatable bonds is 7. The van der Waals surface area contributed by atoms with Gasteiger partial charge in [-0.3, -0.25) is 4.79 Å². The lowest BCUT2D eigenvalue weighted by Crippen LogP contribution is -2.34. The van der Waals surface area contributed by atoms with Gasteiger partial charge >= 0.3 is 0 Å². The fraction of sp³-hybridized carbons (Fsp3) is 0.300. The van der Waals surface area contributed by atoms with E-state index >= 15 is 0 Å². The first-order valence-electron chi connectivity index (χ1n) is 9.22. The quantitative estimate of drug-likeness (QED) is 0.652. The average Bonchev–Trinajstić information content (AvgIpc) is 3.19. The number of amides is 1. The molecule has 3 aromatic rings. The Kier molecular flexibility index (Phi) is 5.29. The van der Waals surface area contributed by atoms with Crippen LogP contribution in [0.25, 0.3) is 11.4 Å². The van der Waals surface area contributed by atoms with Crippen LogP contribution in [0.5, 0.6) is 0 Å². The topological polar surface area (TPSA) is 94.0 Å². The molecule has 8 heteroatoms. The van der Waals surface area contributed by atoms with Crippen molar-refractivity contribution in [3.05, 3.63) is 59.8 Å². The highest BCUT2D eigenvalue weighted by Gasteiger charge is 2.24. The van der Waals surface area contributed by atoms with Crippen LogP contribution in [0.15, 0.2) is 42.9 Å². The Balaban J connectivity index is 1.65. The van der Waals surface area contributed by atoms with Gasteiger partial charge < -0.3 is 19.9 Å². The maximum Gasteiger partial charge on any atom is 0.270 e. The van der Waals surface area contributed by atoms with Crippen molar-refractivity contribution < 1.29 is 9.53 Å². The Morgan fingerprint density at radius 3 is 2.93 bits per heavy atom. The molecular weight excluding hydrogens is 356 g/mol. The predicted molar refractivity (Wildman–Crippen MR) is 105 cm³/mol. The normalized spacial score (nSPS) is 13.1. The molecule has 0 saturated heterocycles. The van der Waals surface area contributed by atoms with E-state index in [1.54, 1.807) is 13.4 Å². The number of aromatic nitrogens is 4. The first kappa shape index (κ1) is 18.1. The number of methoxy groups -OCH3 is 1. The molecule has 144 valence electrons. The van der Waals surface area contributed by atoms with Crippen molar-refractivity contribution in [1.29, 1.82) is 0 Å². The Bertz CT molecular complexity index is 970. The Labute approximate surface area is 163 Å². The molecule has 0 radical (unpaired) electrons. The molecule has 0 unspecified atom stereocenters. The molecule has 0 aliphatic carbocycles. The van der Waals surface area contributed by atoms with Crippen LogP contribution >= 0.6 is 0 Å². The molecule has 28 heavy (non-hydrogen) atoms. The van der Waals surface area contributed by atoms with Crippen LogP contribution in [0.4, 0.5) is 5.82 Å². The SMILES string of the molecule is COCCn1cncc1CNc1nc(-c2ccccc2)nc2c1CCNC2=O. The predicted octanol–water partition coefficient (Wildman–Crippen LogP) is 1.88. The molecular formula is C20H22N6O2. The molecule has 1 aliphatic rings. The Hall–Kier alpha value is -3.26. The van der Waals surface area contributed by atoms with Crippen LogP contribution in [0.2, 0.25) is 0 Å². The van der Waals surface area contributed by atoms with Crippen LogP contribution in [-0.4, -0.2) is 45.7 Å². The molecule has 2 N–H and O–H groups in total. The standard InChI is InChI=1S/C20H22N6O2/c1-28-10-9-26-13-21-11-15(26)12-23-19-16-7-8-22-20(27)17(16)24-18(25-19)14-5-3-2-4-6-14/h2-6,11,13H,7-10,12H2,1H3,(H,22,27)(H,23,24,25). The van der Waals surface area contributed by atoms with Crippen molar-refractivity contribution in [1.82, 2.24) is 24.8 Å². The zero-order valence-corrected chi connectivity index (χ0v) is 15.7. The molecule has 0 fully saturated rings. The smallest absolute Gasteiger partial charge is 0.270 e. The number of hydrogen-bond acceptors (Lipinski definition) is 6. The van der Waals surface area contributed by atoms with Crippen LogP contribution in [0.3, 0.4) is 0 Å². The summed E-state index contributed by atoms with van der Waals surface area (Å²) in [5, 5.41) is 6.25. The van der Waals surface area contributed by atoms with Gasteiger partial charge in [-0.25, -0.2) is 15.0 Å². The van der Waals surface area contributed by atoms with E-state index in [9.17, 15) is 4.79 Å². The number of carbonyl (C=O) groups excluding carboxylic acids is 1. The van der Waals surface area contributed by atoms with Crippen LogP contribution in [-0.2, 0) is 24.2 Å². The summed E-state index contributed by atoms with van der Waals surface area (Å²) >= 11 is 0. The molecule has 0 spiro atoms. The van der Waals surface area contributed by atoms with Crippen LogP contribution in [0, 0.1) is 0 Å². The number of ether oxygens (including phenoxy) is 1. The third-order valence-electron chi connectivity index (χ3n) is 4.69. The lowest BCUT2D eigenvalue weighted by atomic mass is 10.1. The molecule has 1 aliphatic heterocycles. The van der Waals surface area contributed by atoms with E-state index in [2.05, 4.69) is 20.6 Å². The summed E-state index contributed by atoms with van der Waals surface area (Å²) in [6, 6.07) is 9.67. The van der Waals surface area contributed by atoms with Gasteiger partial charge in [0.2, 0.25) is 0 Å². The maximum absolute atomic E-state index is 12.4. The van der Waals surface area contributed by atoms with Gasteiger partial charge in [-0.1, -0.05) is 30.3 Å². The molecule has 3 heterocycles. The number of fused-ring (bicyclic) bond motifs is 1. The average molecular weight is 378 g/mol. The van der Waals surface area contributed by atoms with Gasteiger partial charge in [0, 0.05) is 37.5 Å². The summed E-state index contributed by atoms with van der Waals surface area (Å²) in [6.45, 7) is 2.47. The summed E-state index contributed by atoms with van der Waals surface area (Å²) < 4.78 is 7.19. The zero-order valence-electron chi connectivity index (χ0n) is 15.7. The minimum atomic E-state index is -0.158. The Morgan fingerprint density at radius 1 is 1.25 bits per heavy atom. The fourth-order valence-electron chi connectivity index (χ4n) is 3.22. The second-order valence-corrected chi connectivity index (χ2v) is 6.52. The Morgan fingerprint density at radius 2 is 2.11 bits per heavy atom. The lowest BCUT2D eigenvalue weighted by Gasteiger charge is -2.20. The minimum absolute atomic E-state index is 0.158. The first-order chi connectivity index (χ1) is 13.8. The third-order valence-corrected chi connectivity index (χ3v) is 4.69. The summed E-state index contributed by atoms with van der Waals surface area (Å²) in [4.78, 5) is 25.8. The molecule has 0 atom stereocenters. The maximum atomic E-state index is 12.4. The molecule has 1 aromatic carbocycles. The number of nitrogens with zero attached hydrogens (tertiary/aromatic N) is 4. The molecule has 1 amide bonds. The van der Waals surface area contributed by atoms with Gasteiger partial charge in [-0.05, 0) is 6.42 Å². The molecule has 0 bridgehead atoms. The van der Waals surface area contributed by atoms with Crippen LogP contribution < -0.4 is 10.6 Å². The molecule has 0 saturated carbocycles. The van der Waals surface area contributed by atoms with E-state index in [4.69, 9.17) is 9.72 Å². The lowest BCUT2D eigenvalue weighted by molar-refractivity contribution is 0.0940. The van der Waals surface area contributed by atoms with Crippen molar-refractivity contribution in [2.75, 3.05) is 25.6 Å². The molecule has 4 rings (SSSR count). The number of carbonyl (C=O) groups is 1. The largest absolute Gasteiger partial charge is 0.383 e. The summed E-state index contributed by atoms with van der Waals surface area (Å²) in [5.74, 6) is 1.07. The van der Waals surface area contributed by atoms with E-state index in [1.807, 2.05) is 41.1 Å². The highest BCUT2D eigenvalue weighted by Crippen LogP contribution is 2.25. The summed E-state index contributed by atoms with van der Waals surface area (Å²) in [5.41, 5.74) is 3.18. The number of anilines is 1. The summed E-state index contributed by atoms with van der Waals surface area (Å²) in [7, 11) is 1.68. The highest BCUT2D eigenvalue weighted by atomic mass is 16.5. The van der Waals surface area contributed by atoms with Crippen molar-refractivity contribution in [2.45, 2.75) is 19.5 Å². The van der Waals surface area contributed by atoms with Crippen molar-refractivity contribution >= 4 is 11.7 Å². The van der Waals surface area contributed by atoms with E-state index in [-0.39, 0.29) is 5.91 Å².